The zero-order valence-corrected chi connectivity index (χ0v) is 12.2. The van der Waals surface area contributed by atoms with E-state index >= 15 is 0 Å². The van der Waals surface area contributed by atoms with E-state index in [2.05, 4.69) is 36.8 Å². The summed E-state index contributed by atoms with van der Waals surface area (Å²) in [6, 6.07) is 2.40. The molecule has 1 rings (SSSR count). The number of anilines is 1. The third-order valence-electron chi connectivity index (χ3n) is 3.12. The minimum Gasteiger partial charge on any atom is -0.359 e. The Bertz CT molecular complexity index is 361. The topological polar surface area (TPSA) is 42.2 Å². The third kappa shape index (κ3) is 4.65. The van der Waals surface area contributed by atoms with Gasteiger partial charge in [0.15, 0.2) is 0 Å². The lowest BCUT2D eigenvalue weighted by Gasteiger charge is -2.20. The van der Waals surface area contributed by atoms with E-state index in [-0.39, 0.29) is 6.04 Å². The van der Waals surface area contributed by atoms with E-state index in [9.17, 15) is 0 Å². The Kier molecular flexibility index (Phi) is 6.13. The van der Waals surface area contributed by atoms with Gasteiger partial charge >= 0.3 is 0 Å². The van der Waals surface area contributed by atoms with Crippen LogP contribution in [0.15, 0.2) is 12.3 Å². The lowest BCUT2D eigenvalue weighted by Crippen LogP contribution is -2.21. The maximum atomic E-state index is 5.82. The Hall–Kier alpha value is -1.09. The van der Waals surface area contributed by atoms with Crippen molar-refractivity contribution in [1.82, 2.24) is 4.98 Å². The predicted molar refractivity (Wildman–Crippen MR) is 79.1 cm³/mol. The molecule has 0 saturated heterocycles. The van der Waals surface area contributed by atoms with Gasteiger partial charge in [0.1, 0.15) is 5.82 Å². The van der Waals surface area contributed by atoms with Gasteiger partial charge < -0.3 is 10.6 Å². The molecule has 2 N–H and O–H groups in total. The Balaban J connectivity index is 2.66. The van der Waals surface area contributed by atoms with Crippen molar-refractivity contribution >= 4 is 5.82 Å². The van der Waals surface area contributed by atoms with Crippen molar-refractivity contribution in [3.8, 4) is 0 Å². The van der Waals surface area contributed by atoms with Crippen molar-refractivity contribution in [3.05, 3.63) is 23.4 Å². The molecule has 3 nitrogen and oxygen atoms in total. The number of hydrogen-bond acceptors (Lipinski definition) is 3. The van der Waals surface area contributed by atoms with E-state index in [0.717, 1.165) is 18.8 Å². The lowest BCUT2D eigenvalue weighted by atomic mass is 10.1. The molecule has 0 amide bonds. The number of unbranched alkanes of at least 4 members (excludes halogenated alkanes) is 2. The van der Waals surface area contributed by atoms with Gasteiger partial charge in [0.05, 0.1) is 0 Å². The van der Waals surface area contributed by atoms with Crippen LogP contribution in [0.2, 0.25) is 0 Å². The first-order chi connectivity index (χ1) is 8.54. The van der Waals surface area contributed by atoms with Crippen LogP contribution in [0.1, 0.15) is 44.2 Å². The Morgan fingerprint density at radius 2 is 2.11 bits per heavy atom. The van der Waals surface area contributed by atoms with Crippen LogP contribution in [0.4, 0.5) is 5.82 Å². The van der Waals surface area contributed by atoms with Crippen LogP contribution in [-0.2, 0) is 6.42 Å². The van der Waals surface area contributed by atoms with E-state index < -0.39 is 0 Å². The number of nitrogens with two attached hydrogens (primary N) is 1. The van der Waals surface area contributed by atoms with E-state index in [1.165, 1.54) is 30.4 Å². The molecule has 0 bridgehead atoms. The van der Waals surface area contributed by atoms with Gasteiger partial charge in [0.25, 0.3) is 0 Å². The molecule has 0 spiro atoms. The first-order valence-corrected chi connectivity index (χ1v) is 6.96. The minimum atomic E-state index is 0.194. The molecule has 18 heavy (non-hydrogen) atoms. The largest absolute Gasteiger partial charge is 0.359 e. The average Bonchev–Trinajstić information content (AvgIpc) is 2.28. The Labute approximate surface area is 111 Å². The summed E-state index contributed by atoms with van der Waals surface area (Å²) >= 11 is 0. The van der Waals surface area contributed by atoms with Crippen molar-refractivity contribution in [2.75, 3.05) is 18.5 Å². The molecular formula is C15H27N3. The van der Waals surface area contributed by atoms with Gasteiger partial charge in [0, 0.05) is 25.8 Å². The monoisotopic (exact) mass is 249 g/mol. The van der Waals surface area contributed by atoms with Crippen molar-refractivity contribution < 1.29 is 0 Å². The van der Waals surface area contributed by atoms with Gasteiger partial charge in [0.2, 0.25) is 0 Å². The number of aryl methyl sites for hydroxylation is 1. The maximum absolute atomic E-state index is 5.82. The summed E-state index contributed by atoms with van der Waals surface area (Å²) < 4.78 is 0. The molecule has 1 unspecified atom stereocenters. The number of aromatic nitrogens is 1. The summed E-state index contributed by atoms with van der Waals surface area (Å²) in [5.41, 5.74) is 8.29. The molecule has 0 aromatic carbocycles. The van der Waals surface area contributed by atoms with Crippen molar-refractivity contribution in [1.29, 1.82) is 0 Å². The van der Waals surface area contributed by atoms with Crippen LogP contribution < -0.4 is 10.6 Å². The summed E-state index contributed by atoms with van der Waals surface area (Å²) in [4.78, 5) is 6.83. The van der Waals surface area contributed by atoms with Crippen LogP contribution in [0.3, 0.4) is 0 Å². The van der Waals surface area contributed by atoms with Crippen molar-refractivity contribution in [2.24, 2.45) is 5.73 Å². The molecule has 1 aromatic rings. The SMILES string of the molecule is CCCCCN(C)c1ncc(CC(C)N)cc1C. The van der Waals surface area contributed by atoms with Gasteiger partial charge in [-0.25, -0.2) is 4.98 Å². The quantitative estimate of drug-likeness (QED) is 0.756. The van der Waals surface area contributed by atoms with Crippen molar-refractivity contribution in [3.63, 3.8) is 0 Å². The highest BCUT2D eigenvalue weighted by Gasteiger charge is 2.07. The smallest absolute Gasteiger partial charge is 0.131 e. The van der Waals surface area contributed by atoms with Gasteiger partial charge in [-0.15, -0.1) is 0 Å². The minimum absolute atomic E-state index is 0.194. The van der Waals surface area contributed by atoms with Gasteiger partial charge in [-0.2, -0.15) is 0 Å². The van der Waals surface area contributed by atoms with E-state index in [4.69, 9.17) is 5.73 Å². The molecule has 1 atom stereocenters. The highest BCUT2D eigenvalue weighted by Crippen LogP contribution is 2.18. The number of rotatable bonds is 7. The molecule has 0 fully saturated rings. The van der Waals surface area contributed by atoms with E-state index in [1.54, 1.807) is 0 Å². The summed E-state index contributed by atoms with van der Waals surface area (Å²) in [5, 5.41) is 0. The van der Waals surface area contributed by atoms with Gasteiger partial charge in [-0.05, 0) is 37.8 Å². The standard InChI is InChI=1S/C15H27N3/c1-5-6-7-8-18(4)15-12(2)9-14(11-17-15)10-13(3)16/h9,11,13H,5-8,10,16H2,1-4H3. The highest BCUT2D eigenvalue weighted by atomic mass is 15.2. The number of nitrogens with zero attached hydrogens (tertiary/aromatic N) is 2. The summed E-state index contributed by atoms with van der Waals surface area (Å²) in [7, 11) is 2.12. The van der Waals surface area contributed by atoms with Gasteiger partial charge in [-0.3, -0.25) is 0 Å². The summed E-state index contributed by atoms with van der Waals surface area (Å²) in [5.74, 6) is 1.10. The second-order valence-electron chi connectivity index (χ2n) is 5.29. The molecule has 0 saturated carbocycles. The molecule has 0 aliphatic heterocycles. The first kappa shape index (κ1) is 15.0. The zero-order chi connectivity index (χ0) is 13.5. The normalized spacial score (nSPS) is 12.5. The Morgan fingerprint density at radius 1 is 1.39 bits per heavy atom. The summed E-state index contributed by atoms with van der Waals surface area (Å²) in [6.45, 7) is 7.46. The fraction of sp³-hybridized carbons (Fsp3) is 0.667. The maximum Gasteiger partial charge on any atom is 0.131 e. The zero-order valence-electron chi connectivity index (χ0n) is 12.2. The van der Waals surface area contributed by atoms with Gasteiger partial charge in [-0.1, -0.05) is 25.8 Å². The van der Waals surface area contributed by atoms with Crippen molar-refractivity contribution in [2.45, 2.75) is 52.5 Å². The summed E-state index contributed by atoms with van der Waals surface area (Å²) in [6.07, 6.45) is 6.63. The predicted octanol–water partition coefficient (Wildman–Crippen LogP) is 2.91. The lowest BCUT2D eigenvalue weighted by molar-refractivity contribution is 0.699. The second kappa shape index (κ2) is 7.37. The van der Waals surface area contributed by atoms with Crippen LogP contribution in [-0.4, -0.2) is 24.6 Å². The molecular weight excluding hydrogens is 222 g/mol. The molecule has 1 aromatic heterocycles. The number of hydrogen-bond donors (Lipinski definition) is 1. The van der Waals surface area contributed by atoms with Crippen LogP contribution in [0, 0.1) is 6.92 Å². The third-order valence-corrected chi connectivity index (χ3v) is 3.12. The molecule has 0 aliphatic rings. The molecule has 1 heterocycles. The average molecular weight is 249 g/mol. The number of pyridine rings is 1. The molecule has 0 aliphatic carbocycles. The Morgan fingerprint density at radius 3 is 2.67 bits per heavy atom. The van der Waals surface area contributed by atoms with Crippen LogP contribution in [0.25, 0.3) is 0 Å². The fourth-order valence-electron chi connectivity index (χ4n) is 2.21. The molecule has 102 valence electrons. The first-order valence-electron chi connectivity index (χ1n) is 6.96. The molecule has 3 heteroatoms. The fourth-order valence-corrected chi connectivity index (χ4v) is 2.21. The second-order valence-corrected chi connectivity index (χ2v) is 5.29. The highest BCUT2D eigenvalue weighted by molar-refractivity contribution is 5.46. The van der Waals surface area contributed by atoms with E-state index in [1.807, 2.05) is 13.1 Å². The molecule has 0 radical (unpaired) electrons. The van der Waals surface area contributed by atoms with Crippen LogP contribution >= 0.6 is 0 Å². The van der Waals surface area contributed by atoms with E-state index in [0.29, 0.717) is 0 Å². The van der Waals surface area contributed by atoms with Crippen LogP contribution in [0.5, 0.6) is 0 Å².